The molecule has 0 saturated carbocycles. The number of halogens is 1. The largest absolute Gasteiger partial charge is 0.483 e. The Labute approximate surface area is 152 Å². The van der Waals surface area contributed by atoms with Crippen LogP contribution >= 0.6 is 11.6 Å². The molecule has 0 unspecified atom stereocenters. The van der Waals surface area contributed by atoms with Crippen LogP contribution in [0.25, 0.3) is 0 Å². The molecule has 1 fully saturated rings. The predicted molar refractivity (Wildman–Crippen MR) is 96.4 cm³/mol. The molecular formula is C18H23ClN4O2. The lowest BCUT2D eigenvalue weighted by Crippen LogP contribution is -2.36. The molecule has 0 bridgehead atoms. The van der Waals surface area contributed by atoms with E-state index in [4.69, 9.17) is 22.1 Å². The first-order valence-corrected chi connectivity index (χ1v) is 8.85. The summed E-state index contributed by atoms with van der Waals surface area (Å²) in [5, 5.41) is 0.661. The average Bonchev–Trinajstić information content (AvgIpc) is 3.07. The number of aromatic nitrogens is 2. The molecule has 2 N–H and O–H groups in total. The van der Waals surface area contributed by atoms with Crippen LogP contribution in [0.15, 0.2) is 36.9 Å². The van der Waals surface area contributed by atoms with E-state index in [0.717, 1.165) is 38.2 Å². The monoisotopic (exact) mass is 362 g/mol. The van der Waals surface area contributed by atoms with Crippen LogP contribution in [-0.2, 0) is 17.9 Å². The van der Waals surface area contributed by atoms with Crippen molar-refractivity contribution in [2.24, 2.45) is 11.7 Å². The lowest BCUT2D eigenvalue weighted by Gasteiger charge is -2.33. The van der Waals surface area contributed by atoms with Gasteiger partial charge in [-0.15, -0.1) is 0 Å². The van der Waals surface area contributed by atoms with Gasteiger partial charge in [-0.25, -0.2) is 4.98 Å². The van der Waals surface area contributed by atoms with Gasteiger partial charge in [-0.3, -0.25) is 9.69 Å². The standard InChI is InChI=1S/C18H23ClN4O2/c19-16-3-4-17(25-12-18(20)24)15(8-16)11-22-6-1-2-14(9-22)10-23-7-5-21-13-23/h3-5,7-8,13-14H,1-2,6,9-12H2,(H2,20,24)/t14-/m1/s1. The van der Waals surface area contributed by atoms with Crippen LogP contribution in [0.1, 0.15) is 18.4 Å². The van der Waals surface area contributed by atoms with Gasteiger partial charge in [-0.05, 0) is 43.5 Å². The number of benzene rings is 1. The molecule has 1 saturated heterocycles. The Bertz CT molecular complexity index is 705. The summed E-state index contributed by atoms with van der Waals surface area (Å²) < 4.78 is 7.67. The second kappa shape index (κ2) is 8.36. The van der Waals surface area contributed by atoms with Gasteiger partial charge in [0, 0.05) is 42.6 Å². The van der Waals surface area contributed by atoms with Gasteiger partial charge in [-0.1, -0.05) is 11.6 Å². The number of carbonyl (C=O) groups excluding carboxylic acids is 1. The molecule has 7 heteroatoms. The van der Waals surface area contributed by atoms with E-state index in [2.05, 4.69) is 14.5 Å². The van der Waals surface area contributed by atoms with Gasteiger partial charge >= 0.3 is 0 Å². The normalized spacial score (nSPS) is 18.2. The summed E-state index contributed by atoms with van der Waals surface area (Å²) in [5.74, 6) is 0.774. The molecular weight excluding hydrogens is 340 g/mol. The minimum Gasteiger partial charge on any atom is -0.483 e. The second-order valence-electron chi connectivity index (χ2n) is 6.51. The molecule has 3 rings (SSSR count). The van der Waals surface area contributed by atoms with E-state index in [9.17, 15) is 4.79 Å². The minimum atomic E-state index is -0.487. The zero-order valence-corrected chi connectivity index (χ0v) is 14.9. The van der Waals surface area contributed by atoms with Crippen LogP contribution in [0, 0.1) is 5.92 Å². The number of nitrogens with zero attached hydrogens (tertiary/aromatic N) is 3. The van der Waals surface area contributed by atoms with Crippen LogP contribution in [-0.4, -0.2) is 40.1 Å². The van der Waals surface area contributed by atoms with Crippen molar-refractivity contribution in [2.75, 3.05) is 19.7 Å². The van der Waals surface area contributed by atoms with E-state index < -0.39 is 5.91 Å². The number of amides is 1. The fraction of sp³-hybridized carbons (Fsp3) is 0.444. The summed E-state index contributed by atoms with van der Waals surface area (Å²) in [6.45, 7) is 3.66. The van der Waals surface area contributed by atoms with Gasteiger partial charge in [0.25, 0.3) is 5.91 Å². The summed E-state index contributed by atoms with van der Waals surface area (Å²) in [4.78, 5) is 17.5. The number of piperidine rings is 1. The van der Waals surface area contributed by atoms with E-state index in [-0.39, 0.29) is 6.61 Å². The van der Waals surface area contributed by atoms with E-state index >= 15 is 0 Å². The van der Waals surface area contributed by atoms with E-state index in [1.807, 2.05) is 24.8 Å². The van der Waals surface area contributed by atoms with Crippen LogP contribution in [0.5, 0.6) is 5.75 Å². The molecule has 1 aromatic heterocycles. The minimum absolute atomic E-state index is 0.127. The number of nitrogens with two attached hydrogens (primary N) is 1. The first kappa shape index (κ1) is 17.8. The molecule has 1 aliphatic heterocycles. The maximum absolute atomic E-state index is 11.0. The highest BCUT2D eigenvalue weighted by molar-refractivity contribution is 6.30. The summed E-state index contributed by atoms with van der Waals surface area (Å²) in [5.41, 5.74) is 6.16. The molecule has 134 valence electrons. The first-order valence-electron chi connectivity index (χ1n) is 8.48. The highest BCUT2D eigenvalue weighted by atomic mass is 35.5. The van der Waals surface area contributed by atoms with Crippen LogP contribution in [0.4, 0.5) is 0 Å². The number of primary amides is 1. The Morgan fingerprint density at radius 3 is 3.08 bits per heavy atom. The predicted octanol–water partition coefficient (Wildman–Crippen LogP) is 2.31. The fourth-order valence-corrected chi connectivity index (χ4v) is 3.53. The molecule has 0 spiro atoms. The van der Waals surface area contributed by atoms with Gasteiger partial charge in [-0.2, -0.15) is 0 Å². The zero-order chi connectivity index (χ0) is 17.6. The number of hydrogen-bond donors (Lipinski definition) is 1. The van der Waals surface area contributed by atoms with E-state index in [1.165, 1.54) is 6.42 Å². The molecule has 0 radical (unpaired) electrons. The number of hydrogen-bond acceptors (Lipinski definition) is 4. The van der Waals surface area contributed by atoms with Crippen molar-refractivity contribution >= 4 is 17.5 Å². The molecule has 1 atom stereocenters. The molecule has 1 aliphatic rings. The Balaban J connectivity index is 1.64. The van der Waals surface area contributed by atoms with Crippen LogP contribution in [0.3, 0.4) is 0 Å². The molecule has 0 aliphatic carbocycles. The molecule has 2 aromatic rings. The summed E-state index contributed by atoms with van der Waals surface area (Å²) in [6, 6.07) is 5.46. The number of ether oxygens (including phenoxy) is 1. The molecule has 25 heavy (non-hydrogen) atoms. The Hall–Kier alpha value is -2.05. The third kappa shape index (κ3) is 5.21. The summed E-state index contributed by atoms with van der Waals surface area (Å²) in [6.07, 6.45) is 8.07. The van der Waals surface area contributed by atoms with Crippen LogP contribution in [0.2, 0.25) is 5.02 Å². The number of rotatable bonds is 7. The smallest absolute Gasteiger partial charge is 0.255 e. The average molecular weight is 363 g/mol. The Morgan fingerprint density at radius 1 is 1.44 bits per heavy atom. The fourth-order valence-electron chi connectivity index (χ4n) is 3.34. The van der Waals surface area contributed by atoms with Crippen molar-refractivity contribution < 1.29 is 9.53 Å². The number of carbonyl (C=O) groups is 1. The third-order valence-corrected chi connectivity index (χ3v) is 4.65. The topological polar surface area (TPSA) is 73.4 Å². The van der Waals surface area contributed by atoms with Gasteiger partial charge in [0.15, 0.2) is 6.61 Å². The Kier molecular flexibility index (Phi) is 5.94. The van der Waals surface area contributed by atoms with E-state index in [0.29, 0.717) is 16.7 Å². The molecule has 1 amide bonds. The highest BCUT2D eigenvalue weighted by Gasteiger charge is 2.21. The first-order chi connectivity index (χ1) is 12.1. The lowest BCUT2D eigenvalue weighted by molar-refractivity contribution is -0.119. The number of likely N-dealkylation sites (tertiary alicyclic amines) is 1. The van der Waals surface area contributed by atoms with Crippen LogP contribution < -0.4 is 10.5 Å². The number of imidazole rings is 1. The second-order valence-corrected chi connectivity index (χ2v) is 6.95. The maximum atomic E-state index is 11.0. The quantitative estimate of drug-likeness (QED) is 0.820. The van der Waals surface area contributed by atoms with Gasteiger partial charge in [0.1, 0.15) is 5.75 Å². The lowest BCUT2D eigenvalue weighted by atomic mass is 9.97. The maximum Gasteiger partial charge on any atom is 0.255 e. The van der Waals surface area contributed by atoms with E-state index in [1.54, 1.807) is 12.1 Å². The van der Waals surface area contributed by atoms with Gasteiger partial charge in [0.2, 0.25) is 0 Å². The Morgan fingerprint density at radius 2 is 2.32 bits per heavy atom. The van der Waals surface area contributed by atoms with Crippen molar-refractivity contribution in [3.05, 3.63) is 47.5 Å². The van der Waals surface area contributed by atoms with Crippen molar-refractivity contribution in [2.45, 2.75) is 25.9 Å². The zero-order valence-electron chi connectivity index (χ0n) is 14.1. The molecule has 1 aromatic carbocycles. The van der Waals surface area contributed by atoms with Crippen molar-refractivity contribution in [1.82, 2.24) is 14.5 Å². The molecule has 2 heterocycles. The highest BCUT2D eigenvalue weighted by Crippen LogP contribution is 2.27. The van der Waals surface area contributed by atoms with Crippen molar-refractivity contribution in [3.63, 3.8) is 0 Å². The van der Waals surface area contributed by atoms with Gasteiger partial charge < -0.3 is 15.0 Å². The SMILES string of the molecule is NC(=O)COc1ccc(Cl)cc1CN1CCC[C@@H](Cn2ccnc2)C1. The van der Waals surface area contributed by atoms with Crippen molar-refractivity contribution in [3.8, 4) is 5.75 Å². The summed E-state index contributed by atoms with van der Waals surface area (Å²) >= 11 is 6.14. The van der Waals surface area contributed by atoms with Crippen molar-refractivity contribution in [1.29, 1.82) is 0 Å². The summed E-state index contributed by atoms with van der Waals surface area (Å²) in [7, 11) is 0. The van der Waals surface area contributed by atoms with Gasteiger partial charge in [0.05, 0.1) is 6.33 Å². The molecule has 6 nitrogen and oxygen atoms in total. The third-order valence-electron chi connectivity index (χ3n) is 4.42.